The van der Waals surface area contributed by atoms with E-state index >= 15 is 0 Å². The van der Waals surface area contributed by atoms with E-state index in [9.17, 15) is 40.9 Å². The first-order chi connectivity index (χ1) is 17.0. The smallest absolute Gasteiger partial charge is 0.314 e. The lowest BCUT2D eigenvalue weighted by Crippen LogP contribution is -2.93. The molecule has 0 radical (unpaired) electrons. The van der Waals surface area contributed by atoms with Crippen LogP contribution in [0.15, 0.2) is 0 Å². The molecule has 4 rings (SSSR count). The average Bonchev–Trinajstić information content (AvgIpc) is 3.27. The summed E-state index contributed by atoms with van der Waals surface area (Å²) in [5.74, 6) is -2.42. The highest BCUT2D eigenvalue weighted by atomic mass is 16.9. The Morgan fingerprint density at radius 2 is 1.61 bits per heavy atom. The second kappa shape index (κ2) is 10.9. The maximum Gasteiger partial charge on any atom is 0.314 e. The summed E-state index contributed by atoms with van der Waals surface area (Å²) in [6, 6.07) is -1.75. The van der Waals surface area contributed by atoms with Crippen molar-refractivity contribution in [3.8, 4) is 0 Å². The van der Waals surface area contributed by atoms with Gasteiger partial charge in [-0.1, -0.05) is 0 Å². The van der Waals surface area contributed by atoms with Crippen molar-refractivity contribution in [2.45, 2.75) is 104 Å². The molecule has 16 heteroatoms. The quantitative estimate of drug-likeness (QED) is 0.152. The van der Waals surface area contributed by atoms with Gasteiger partial charge in [0.05, 0.1) is 26.7 Å². The lowest BCUT2D eigenvalue weighted by atomic mass is 9.84. The van der Waals surface area contributed by atoms with Crippen LogP contribution in [0.2, 0.25) is 0 Å². The monoisotopic (exact) mass is 530 g/mol. The van der Waals surface area contributed by atoms with Crippen molar-refractivity contribution in [1.29, 1.82) is 0 Å². The van der Waals surface area contributed by atoms with Crippen LogP contribution in [0.1, 0.15) is 6.42 Å². The molecule has 3 aliphatic heterocycles. The Morgan fingerprint density at radius 3 is 2.22 bits per heavy atom. The largest absolute Gasteiger partial charge is 0.394 e. The first kappa shape index (κ1) is 28.4. The van der Waals surface area contributed by atoms with Gasteiger partial charge in [-0.05, 0) is 0 Å². The number of hydrogen-bond donors (Lipinski definition) is 11. The summed E-state index contributed by atoms with van der Waals surface area (Å²) in [6.45, 7) is -1.19. The van der Waals surface area contributed by atoms with Crippen LogP contribution in [0.3, 0.4) is 0 Å². The van der Waals surface area contributed by atoms with Crippen LogP contribution in [0.4, 0.5) is 0 Å². The zero-order chi connectivity index (χ0) is 26.5. The molecule has 0 aromatic rings. The first-order valence-corrected chi connectivity index (χ1v) is 12.1. The number of hydrogen-bond acceptors (Lipinski definition) is 13. The van der Waals surface area contributed by atoms with E-state index in [4.69, 9.17) is 23.7 Å². The molecule has 3 saturated heterocycles. The predicted octanol–water partition coefficient (Wildman–Crippen LogP) is -9.73. The molecular weight excluding hydrogens is 490 g/mol. The van der Waals surface area contributed by atoms with E-state index < -0.39 is 105 Å². The second-order valence-corrected chi connectivity index (χ2v) is 10.0. The first-order valence-electron chi connectivity index (χ1n) is 12.1. The number of likely N-dealkylation sites (N-methyl/N-ethyl adjacent to an activating group) is 1. The number of nitrogens with two attached hydrogens (primary N) is 1. The standard InChI is InChI=1S/C20H37N3O13/c1-23-7-2-5(21)9(26)15(10(7)27)33-19-17-16(11(28)8(4-25)32-19)35-20(36-17)18(31)13(30)12(29)14(34-20)6(22)3-24/h5-19,23-31H,2-4,21-22H2,1H3/p+3/t5-,6-,7+,8-,9+,10-,11+,12+,13-,14?,15-,16+,17+,18+,19+,20?/m1/s1. The maximum atomic E-state index is 10.8. The fraction of sp³-hybridized carbons (Fsp3) is 1.00. The van der Waals surface area contributed by atoms with Crippen LogP contribution < -0.4 is 16.8 Å². The lowest BCUT2D eigenvalue weighted by molar-refractivity contribution is -0.683. The Kier molecular flexibility index (Phi) is 8.55. The second-order valence-electron chi connectivity index (χ2n) is 10.0. The molecular formula is C20H40N3O13+3. The minimum Gasteiger partial charge on any atom is -0.394 e. The Labute approximate surface area is 206 Å². The average molecular weight is 531 g/mol. The number of fused-ring (bicyclic) bond motifs is 1. The van der Waals surface area contributed by atoms with Gasteiger partial charge in [0.1, 0.15) is 79.2 Å². The van der Waals surface area contributed by atoms with E-state index in [0.29, 0.717) is 6.42 Å². The molecule has 3 heterocycles. The van der Waals surface area contributed by atoms with Gasteiger partial charge in [0.15, 0.2) is 12.4 Å². The van der Waals surface area contributed by atoms with Gasteiger partial charge in [-0.15, -0.1) is 0 Å². The Morgan fingerprint density at radius 1 is 0.944 bits per heavy atom. The molecule has 16 N–H and O–H groups in total. The Hall–Kier alpha value is -0.640. The molecule has 4 fully saturated rings. The normalized spacial score (nSPS) is 54.4. The van der Waals surface area contributed by atoms with Crippen molar-refractivity contribution in [2.24, 2.45) is 0 Å². The van der Waals surface area contributed by atoms with Gasteiger partial charge in [-0.2, -0.15) is 0 Å². The lowest BCUT2D eigenvalue weighted by Gasteiger charge is -2.45. The van der Waals surface area contributed by atoms with Crippen molar-refractivity contribution in [3.63, 3.8) is 0 Å². The van der Waals surface area contributed by atoms with Crippen LogP contribution in [-0.4, -0.2) is 159 Å². The molecule has 1 aliphatic carbocycles. The molecule has 36 heavy (non-hydrogen) atoms. The van der Waals surface area contributed by atoms with E-state index in [1.54, 1.807) is 12.4 Å². The van der Waals surface area contributed by atoms with Crippen molar-refractivity contribution >= 4 is 0 Å². The molecule has 4 aliphatic rings. The summed E-state index contributed by atoms with van der Waals surface area (Å²) in [4.78, 5) is 0. The van der Waals surface area contributed by atoms with Crippen LogP contribution in [0.25, 0.3) is 0 Å². The number of ether oxygens (including phenoxy) is 5. The molecule has 0 bridgehead atoms. The van der Waals surface area contributed by atoms with E-state index in [1.165, 1.54) is 0 Å². The number of aliphatic hydroxyl groups excluding tert-OH is 8. The van der Waals surface area contributed by atoms with Gasteiger partial charge < -0.3 is 81.3 Å². The van der Waals surface area contributed by atoms with Gasteiger partial charge >= 0.3 is 5.97 Å². The van der Waals surface area contributed by atoms with Crippen molar-refractivity contribution in [2.75, 3.05) is 20.3 Å². The van der Waals surface area contributed by atoms with Crippen molar-refractivity contribution in [3.05, 3.63) is 0 Å². The van der Waals surface area contributed by atoms with Gasteiger partial charge in [0.25, 0.3) is 0 Å². The molecule has 2 unspecified atom stereocenters. The fourth-order valence-electron chi connectivity index (χ4n) is 5.40. The third-order valence-electron chi connectivity index (χ3n) is 7.66. The SMILES string of the molecule is C[NH2+][C@H]1C[C@@H]([NH3+])[C@H](O)[C@@H](O[C@@H]2O[C@H](CO)[C@H](O)[C@@H]3OC4(OC([C@H]([NH3+])CO)[C@@H](O)[C@@H](O)[C@@H]4O)O[C@H]23)[C@@H]1O. The molecule has 0 aromatic carbocycles. The van der Waals surface area contributed by atoms with Crippen LogP contribution in [-0.2, 0) is 23.7 Å². The van der Waals surface area contributed by atoms with Gasteiger partial charge in [0, 0.05) is 0 Å². The number of rotatable bonds is 6. The van der Waals surface area contributed by atoms with E-state index in [1.807, 2.05) is 0 Å². The molecule has 0 amide bonds. The third-order valence-corrected chi connectivity index (χ3v) is 7.66. The Bertz CT molecular complexity index is 756. The molecule has 16 nitrogen and oxygen atoms in total. The summed E-state index contributed by atoms with van der Waals surface area (Å²) in [5.41, 5.74) is 7.59. The minimum absolute atomic E-state index is 0.333. The molecule has 16 atom stereocenters. The number of aliphatic hydroxyl groups is 8. The Balaban J connectivity index is 1.62. The minimum atomic E-state index is -2.42. The topological polar surface area (TPSA) is 280 Å². The van der Waals surface area contributed by atoms with E-state index in [-0.39, 0.29) is 6.04 Å². The summed E-state index contributed by atoms with van der Waals surface area (Å²) in [5, 5.41) is 84.9. The van der Waals surface area contributed by atoms with Gasteiger partial charge in [0.2, 0.25) is 0 Å². The molecule has 0 aromatic heterocycles. The highest BCUT2D eigenvalue weighted by Gasteiger charge is 2.68. The predicted molar refractivity (Wildman–Crippen MR) is 111 cm³/mol. The molecule has 210 valence electrons. The molecule has 1 saturated carbocycles. The van der Waals surface area contributed by atoms with Crippen molar-refractivity contribution in [1.82, 2.24) is 0 Å². The van der Waals surface area contributed by atoms with Gasteiger partial charge in [-0.3, -0.25) is 0 Å². The highest BCUT2D eigenvalue weighted by Crippen LogP contribution is 2.45. The zero-order valence-electron chi connectivity index (χ0n) is 19.9. The maximum absolute atomic E-state index is 10.8. The fourth-order valence-corrected chi connectivity index (χ4v) is 5.40. The van der Waals surface area contributed by atoms with Gasteiger partial charge in [-0.25, -0.2) is 0 Å². The van der Waals surface area contributed by atoms with Crippen LogP contribution in [0, 0.1) is 0 Å². The summed E-state index contributed by atoms with van der Waals surface area (Å²) in [6.07, 6.45) is -16.6. The van der Waals surface area contributed by atoms with Crippen molar-refractivity contribution < 1.29 is 81.3 Å². The van der Waals surface area contributed by atoms with Crippen LogP contribution in [0.5, 0.6) is 0 Å². The zero-order valence-corrected chi connectivity index (χ0v) is 19.9. The molecule has 1 spiro atoms. The summed E-state index contributed by atoms with van der Waals surface area (Å²) in [7, 11) is 1.76. The summed E-state index contributed by atoms with van der Waals surface area (Å²) >= 11 is 0. The van der Waals surface area contributed by atoms with E-state index in [0.717, 1.165) is 0 Å². The third kappa shape index (κ3) is 4.68. The highest BCUT2D eigenvalue weighted by molar-refractivity contribution is 5.04. The number of quaternary nitrogens is 3. The summed E-state index contributed by atoms with van der Waals surface area (Å²) < 4.78 is 29.0. The van der Waals surface area contributed by atoms with Crippen LogP contribution >= 0.6 is 0 Å². The van der Waals surface area contributed by atoms with E-state index in [2.05, 4.69) is 11.5 Å².